The molecule has 0 spiro atoms. The van der Waals surface area contributed by atoms with Crippen molar-refractivity contribution >= 4 is 57.6 Å². The second kappa shape index (κ2) is 7.34. The Hall–Kier alpha value is -1.88. The maximum Gasteiger partial charge on any atom is 0.270 e. The minimum absolute atomic E-state index is 0.118. The second-order valence-corrected chi connectivity index (χ2v) is 7.41. The van der Waals surface area contributed by atoms with Crippen LogP contribution in [-0.2, 0) is 4.79 Å². The number of hydrogen-bond acceptors (Lipinski definition) is 3. The van der Waals surface area contributed by atoms with Crippen molar-refractivity contribution in [2.24, 2.45) is 0 Å². The molecule has 0 N–H and O–H groups in total. The van der Waals surface area contributed by atoms with E-state index in [-0.39, 0.29) is 5.91 Å². The fourth-order valence-electron chi connectivity index (χ4n) is 2.37. The number of halogens is 1. The van der Waals surface area contributed by atoms with E-state index in [2.05, 4.69) is 0 Å². The number of nitrogens with zero attached hydrogens (tertiary/aromatic N) is 1. The Morgan fingerprint density at radius 2 is 1.92 bits per heavy atom. The molecule has 1 saturated heterocycles. The van der Waals surface area contributed by atoms with Crippen molar-refractivity contribution in [3.63, 3.8) is 0 Å². The van der Waals surface area contributed by atoms with Crippen LogP contribution in [0.3, 0.4) is 0 Å². The minimum atomic E-state index is -0.118. The highest BCUT2D eigenvalue weighted by Gasteiger charge is 2.33. The topological polar surface area (TPSA) is 20.3 Å². The molecular weight excluding hydrogens is 358 g/mol. The number of thioether (sulfide) groups is 1. The van der Waals surface area contributed by atoms with Crippen molar-refractivity contribution < 1.29 is 4.79 Å². The third kappa shape index (κ3) is 3.78. The average Bonchev–Trinajstić information content (AvgIpc) is 2.82. The molecule has 0 unspecified atom stereocenters. The molecule has 0 saturated carbocycles. The van der Waals surface area contributed by atoms with Crippen LogP contribution < -0.4 is 4.90 Å². The monoisotopic (exact) mass is 371 g/mol. The average molecular weight is 372 g/mol. The van der Waals surface area contributed by atoms with E-state index >= 15 is 0 Å². The Morgan fingerprint density at radius 3 is 2.62 bits per heavy atom. The molecule has 0 bridgehead atoms. The minimum Gasteiger partial charge on any atom is -0.268 e. The Balaban J connectivity index is 1.87. The number of anilines is 1. The lowest BCUT2D eigenvalue weighted by molar-refractivity contribution is -0.113. The van der Waals surface area contributed by atoms with Crippen LogP contribution in [0, 0.1) is 0 Å². The number of allylic oxidation sites excluding steroid dienone is 2. The van der Waals surface area contributed by atoms with Crippen LogP contribution in [0.25, 0.3) is 6.08 Å². The van der Waals surface area contributed by atoms with Gasteiger partial charge in [-0.05, 0) is 42.3 Å². The van der Waals surface area contributed by atoms with Gasteiger partial charge in [-0.25, -0.2) is 0 Å². The summed E-state index contributed by atoms with van der Waals surface area (Å²) in [4.78, 5) is 14.8. The first-order valence-corrected chi connectivity index (χ1v) is 8.92. The highest BCUT2D eigenvalue weighted by molar-refractivity contribution is 8.27. The highest BCUT2D eigenvalue weighted by atomic mass is 35.5. The van der Waals surface area contributed by atoms with Gasteiger partial charge in [0, 0.05) is 5.02 Å². The van der Waals surface area contributed by atoms with Crippen molar-refractivity contribution in [1.82, 2.24) is 0 Å². The Kier molecular flexibility index (Phi) is 5.19. The molecule has 1 aliphatic rings. The predicted molar refractivity (Wildman–Crippen MR) is 107 cm³/mol. The molecule has 2 aromatic rings. The van der Waals surface area contributed by atoms with Gasteiger partial charge in [0.15, 0.2) is 4.32 Å². The quantitative estimate of drug-likeness (QED) is 0.510. The van der Waals surface area contributed by atoms with E-state index < -0.39 is 0 Å². The first-order valence-electron chi connectivity index (χ1n) is 7.31. The highest BCUT2D eigenvalue weighted by Crippen LogP contribution is 2.36. The van der Waals surface area contributed by atoms with E-state index in [1.54, 1.807) is 18.2 Å². The summed E-state index contributed by atoms with van der Waals surface area (Å²) in [7, 11) is 0. The van der Waals surface area contributed by atoms with Gasteiger partial charge in [0.1, 0.15) is 0 Å². The maximum absolute atomic E-state index is 12.7. The molecule has 120 valence electrons. The molecule has 5 heteroatoms. The number of hydrogen-bond donors (Lipinski definition) is 0. The molecule has 1 fully saturated rings. The van der Waals surface area contributed by atoms with E-state index in [1.807, 2.05) is 55.5 Å². The van der Waals surface area contributed by atoms with Crippen LogP contribution in [-0.4, -0.2) is 10.2 Å². The van der Waals surface area contributed by atoms with Gasteiger partial charge in [-0.1, -0.05) is 78.1 Å². The van der Waals surface area contributed by atoms with Gasteiger partial charge < -0.3 is 0 Å². The Labute approximate surface area is 155 Å². The number of benzene rings is 2. The molecule has 0 atom stereocenters. The van der Waals surface area contributed by atoms with Crippen LogP contribution in [0.15, 0.2) is 71.2 Å². The van der Waals surface area contributed by atoms with Gasteiger partial charge in [0.25, 0.3) is 5.91 Å². The molecular formula is C19H14ClNOS2. The van der Waals surface area contributed by atoms with Crippen molar-refractivity contribution in [3.05, 3.63) is 81.7 Å². The Morgan fingerprint density at radius 1 is 1.17 bits per heavy atom. The van der Waals surface area contributed by atoms with Crippen molar-refractivity contribution in [2.45, 2.75) is 6.92 Å². The summed E-state index contributed by atoms with van der Waals surface area (Å²) >= 11 is 12.7. The van der Waals surface area contributed by atoms with Crippen LogP contribution in [0.4, 0.5) is 5.69 Å². The zero-order chi connectivity index (χ0) is 17.1. The third-order valence-electron chi connectivity index (χ3n) is 3.41. The van der Waals surface area contributed by atoms with E-state index in [0.717, 1.165) is 11.1 Å². The molecule has 2 nitrogen and oxygen atoms in total. The SMILES string of the molecule is CC(=C/c1ccccc1)/C=C1/SC(=S)N(c2cccc(Cl)c2)C1=O. The van der Waals surface area contributed by atoms with E-state index in [4.69, 9.17) is 23.8 Å². The number of rotatable bonds is 3. The maximum atomic E-state index is 12.7. The molecule has 1 heterocycles. The van der Waals surface area contributed by atoms with Gasteiger partial charge in [0.2, 0.25) is 0 Å². The number of amides is 1. The normalized spacial score (nSPS) is 17.0. The van der Waals surface area contributed by atoms with Crippen molar-refractivity contribution in [2.75, 3.05) is 4.90 Å². The second-order valence-electron chi connectivity index (χ2n) is 5.30. The lowest BCUT2D eigenvalue weighted by Gasteiger charge is -2.14. The summed E-state index contributed by atoms with van der Waals surface area (Å²) < 4.78 is 0.515. The van der Waals surface area contributed by atoms with Crippen molar-refractivity contribution in [1.29, 1.82) is 0 Å². The summed E-state index contributed by atoms with van der Waals surface area (Å²) in [6.07, 6.45) is 3.91. The molecule has 0 aromatic heterocycles. The van der Waals surface area contributed by atoms with Gasteiger partial charge in [0.05, 0.1) is 10.6 Å². The number of carbonyl (C=O) groups is 1. The predicted octanol–water partition coefficient (Wildman–Crippen LogP) is 5.69. The van der Waals surface area contributed by atoms with Gasteiger partial charge in [-0.2, -0.15) is 0 Å². The molecule has 0 radical (unpaired) electrons. The first kappa shape index (κ1) is 17.0. The smallest absolute Gasteiger partial charge is 0.268 e. The molecule has 0 aliphatic carbocycles. The summed E-state index contributed by atoms with van der Waals surface area (Å²) in [5.41, 5.74) is 2.78. The molecule has 24 heavy (non-hydrogen) atoms. The summed E-state index contributed by atoms with van der Waals surface area (Å²) in [5.74, 6) is -0.118. The van der Waals surface area contributed by atoms with Crippen LogP contribution in [0.5, 0.6) is 0 Å². The van der Waals surface area contributed by atoms with Gasteiger partial charge in [-0.3, -0.25) is 9.69 Å². The largest absolute Gasteiger partial charge is 0.270 e. The summed E-state index contributed by atoms with van der Waals surface area (Å²) in [6, 6.07) is 17.1. The summed E-state index contributed by atoms with van der Waals surface area (Å²) in [6.45, 7) is 1.97. The Bertz CT molecular complexity index is 859. The number of carbonyl (C=O) groups excluding carboxylic acids is 1. The lowest BCUT2D eigenvalue weighted by atomic mass is 10.1. The fourth-order valence-corrected chi connectivity index (χ4v) is 3.90. The zero-order valence-corrected chi connectivity index (χ0v) is 15.3. The van der Waals surface area contributed by atoms with E-state index in [0.29, 0.717) is 19.9 Å². The van der Waals surface area contributed by atoms with E-state index in [1.165, 1.54) is 16.7 Å². The van der Waals surface area contributed by atoms with Gasteiger partial charge in [-0.15, -0.1) is 0 Å². The molecule has 3 rings (SSSR count). The fraction of sp³-hybridized carbons (Fsp3) is 0.0526. The molecule has 1 amide bonds. The van der Waals surface area contributed by atoms with Crippen LogP contribution >= 0.6 is 35.6 Å². The van der Waals surface area contributed by atoms with Crippen LogP contribution in [0.1, 0.15) is 12.5 Å². The molecule has 2 aromatic carbocycles. The van der Waals surface area contributed by atoms with Gasteiger partial charge >= 0.3 is 0 Å². The van der Waals surface area contributed by atoms with Crippen molar-refractivity contribution in [3.8, 4) is 0 Å². The van der Waals surface area contributed by atoms with E-state index in [9.17, 15) is 4.79 Å². The summed E-state index contributed by atoms with van der Waals surface area (Å²) in [5, 5.41) is 0.575. The first-order chi connectivity index (χ1) is 11.5. The molecule has 1 aliphatic heterocycles. The lowest BCUT2D eigenvalue weighted by Crippen LogP contribution is -2.27. The third-order valence-corrected chi connectivity index (χ3v) is 4.95. The zero-order valence-electron chi connectivity index (χ0n) is 12.9. The number of thiocarbonyl (C=S) groups is 1. The standard InChI is InChI=1S/C19H14ClNOS2/c1-13(10-14-6-3-2-4-7-14)11-17-18(22)21(19(23)24-17)16-9-5-8-15(20)12-16/h2-12H,1H3/b13-10-,17-11+. The van der Waals surface area contributed by atoms with Crippen LogP contribution in [0.2, 0.25) is 5.02 Å².